The van der Waals surface area contributed by atoms with E-state index < -0.39 is 16.0 Å². The average Bonchev–Trinajstić information content (AvgIpc) is 3.34. The SMILES string of the molecule is CCOc1ccc(S(=O)(=O)n2ccc(-c3cn(CC(=O)O)c4cnccc34)c2)cc1. The Kier molecular flexibility index (Phi) is 5.04. The number of carboxylic acid groups (broad SMARTS) is 1. The zero-order valence-corrected chi connectivity index (χ0v) is 16.9. The summed E-state index contributed by atoms with van der Waals surface area (Å²) < 4.78 is 34.1. The van der Waals surface area contributed by atoms with Crippen molar-refractivity contribution in [2.45, 2.75) is 18.4 Å². The number of nitrogens with zero attached hydrogens (tertiary/aromatic N) is 3. The number of aromatic nitrogens is 3. The summed E-state index contributed by atoms with van der Waals surface area (Å²) in [4.78, 5) is 15.4. The van der Waals surface area contributed by atoms with Crippen LogP contribution in [-0.4, -0.2) is 39.6 Å². The van der Waals surface area contributed by atoms with Gasteiger partial charge in [-0.15, -0.1) is 0 Å². The molecule has 1 N–H and O–H groups in total. The van der Waals surface area contributed by atoms with Gasteiger partial charge in [0.2, 0.25) is 0 Å². The predicted octanol–water partition coefficient (Wildman–Crippen LogP) is 3.23. The Morgan fingerprint density at radius 3 is 2.60 bits per heavy atom. The smallest absolute Gasteiger partial charge is 0.323 e. The number of pyridine rings is 1. The summed E-state index contributed by atoms with van der Waals surface area (Å²) in [5.74, 6) is -0.373. The van der Waals surface area contributed by atoms with Crippen LogP contribution in [0.2, 0.25) is 0 Å². The van der Waals surface area contributed by atoms with Gasteiger partial charge in [0, 0.05) is 41.3 Å². The van der Waals surface area contributed by atoms with Gasteiger partial charge in [-0.25, -0.2) is 12.4 Å². The minimum absolute atomic E-state index is 0.144. The molecule has 154 valence electrons. The Labute approximate surface area is 173 Å². The van der Waals surface area contributed by atoms with Gasteiger partial charge in [-0.3, -0.25) is 9.78 Å². The minimum Gasteiger partial charge on any atom is -0.494 e. The molecule has 8 nitrogen and oxygen atoms in total. The van der Waals surface area contributed by atoms with Crippen molar-refractivity contribution in [2.24, 2.45) is 0 Å². The van der Waals surface area contributed by atoms with E-state index in [0.29, 0.717) is 23.4 Å². The van der Waals surface area contributed by atoms with E-state index in [-0.39, 0.29) is 11.4 Å². The summed E-state index contributed by atoms with van der Waals surface area (Å²) in [6.45, 7) is 2.14. The highest BCUT2D eigenvalue weighted by atomic mass is 32.2. The number of rotatable bonds is 7. The van der Waals surface area contributed by atoms with E-state index in [1.54, 1.807) is 47.4 Å². The molecule has 0 radical (unpaired) electrons. The van der Waals surface area contributed by atoms with Crippen molar-refractivity contribution in [2.75, 3.05) is 6.61 Å². The molecule has 30 heavy (non-hydrogen) atoms. The van der Waals surface area contributed by atoms with E-state index in [1.807, 2.05) is 6.92 Å². The second kappa shape index (κ2) is 7.68. The number of fused-ring (bicyclic) bond motifs is 1. The van der Waals surface area contributed by atoms with E-state index in [0.717, 1.165) is 14.9 Å². The number of carboxylic acids is 1. The molecule has 4 aromatic rings. The van der Waals surface area contributed by atoms with Gasteiger partial charge in [0.1, 0.15) is 12.3 Å². The zero-order valence-electron chi connectivity index (χ0n) is 16.1. The quantitative estimate of drug-likeness (QED) is 0.488. The van der Waals surface area contributed by atoms with Gasteiger partial charge >= 0.3 is 5.97 Å². The molecule has 0 bridgehead atoms. The molecule has 0 atom stereocenters. The average molecular weight is 425 g/mol. The molecule has 0 spiro atoms. The molecule has 3 aromatic heterocycles. The molecule has 3 heterocycles. The number of carbonyl (C=O) groups is 1. The molecule has 9 heteroatoms. The Bertz CT molecular complexity index is 1320. The molecule has 0 saturated heterocycles. The van der Waals surface area contributed by atoms with Gasteiger partial charge in [0.25, 0.3) is 10.0 Å². The fraction of sp³-hybridized carbons (Fsp3) is 0.143. The Morgan fingerprint density at radius 2 is 1.90 bits per heavy atom. The van der Waals surface area contributed by atoms with Gasteiger partial charge in [0.05, 0.1) is 23.2 Å². The van der Waals surface area contributed by atoms with Crippen molar-refractivity contribution in [3.8, 4) is 16.9 Å². The molecule has 1 aromatic carbocycles. The first-order valence-corrected chi connectivity index (χ1v) is 10.7. The fourth-order valence-corrected chi connectivity index (χ4v) is 4.52. The van der Waals surface area contributed by atoms with Crippen LogP contribution in [0.5, 0.6) is 5.75 Å². The normalized spacial score (nSPS) is 11.6. The molecule has 0 amide bonds. The summed E-state index contributed by atoms with van der Waals surface area (Å²) in [6, 6.07) is 9.71. The van der Waals surface area contributed by atoms with E-state index in [2.05, 4.69) is 4.98 Å². The zero-order chi connectivity index (χ0) is 21.3. The van der Waals surface area contributed by atoms with Crippen molar-refractivity contribution < 1.29 is 23.1 Å². The van der Waals surface area contributed by atoms with E-state index in [4.69, 9.17) is 9.84 Å². The Balaban J connectivity index is 1.73. The number of ether oxygens (including phenoxy) is 1. The molecule has 0 aliphatic carbocycles. The number of hydrogen-bond acceptors (Lipinski definition) is 5. The fourth-order valence-electron chi connectivity index (χ4n) is 3.33. The second-order valence-corrected chi connectivity index (χ2v) is 8.44. The van der Waals surface area contributed by atoms with E-state index >= 15 is 0 Å². The van der Waals surface area contributed by atoms with Gasteiger partial charge in [-0.1, -0.05) is 0 Å². The van der Waals surface area contributed by atoms with Crippen LogP contribution < -0.4 is 4.74 Å². The maximum absolute atomic E-state index is 13.0. The molecule has 0 fully saturated rings. The Hall–Kier alpha value is -3.59. The largest absolute Gasteiger partial charge is 0.494 e. The summed E-state index contributed by atoms with van der Waals surface area (Å²) in [6.07, 6.45) is 7.90. The monoisotopic (exact) mass is 425 g/mol. The van der Waals surface area contributed by atoms with Crippen molar-refractivity contribution in [3.63, 3.8) is 0 Å². The van der Waals surface area contributed by atoms with Crippen molar-refractivity contribution in [3.05, 3.63) is 67.4 Å². The third-order valence-electron chi connectivity index (χ3n) is 4.68. The van der Waals surface area contributed by atoms with Crippen LogP contribution in [0.4, 0.5) is 0 Å². The highest BCUT2D eigenvalue weighted by molar-refractivity contribution is 7.90. The van der Waals surface area contributed by atoms with Crippen LogP contribution in [0.25, 0.3) is 22.0 Å². The van der Waals surface area contributed by atoms with E-state index in [1.165, 1.54) is 24.5 Å². The Morgan fingerprint density at radius 1 is 1.13 bits per heavy atom. The van der Waals surface area contributed by atoms with E-state index in [9.17, 15) is 13.2 Å². The first kappa shape index (κ1) is 19.7. The number of benzene rings is 1. The van der Waals surface area contributed by atoms with Crippen molar-refractivity contribution in [1.29, 1.82) is 0 Å². The van der Waals surface area contributed by atoms with Gasteiger partial charge in [-0.05, 0) is 43.3 Å². The van der Waals surface area contributed by atoms with Crippen LogP contribution in [-0.2, 0) is 21.4 Å². The highest BCUT2D eigenvalue weighted by Crippen LogP contribution is 2.31. The van der Waals surface area contributed by atoms with Gasteiger partial charge in [-0.2, -0.15) is 0 Å². The predicted molar refractivity (Wildman–Crippen MR) is 111 cm³/mol. The third kappa shape index (κ3) is 3.55. The topological polar surface area (TPSA) is 103 Å². The highest BCUT2D eigenvalue weighted by Gasteiger charge is 2.19. The summed E-state index contributed by atoms with van der Waals surface area (Å²) >= 11 is 0. The lowest BCUT2D eigenvalue weighted by Gasteiger charge is -2.07. The summed E-state index contributed by atoms with van der Waals surface area (Å²) in [5, 5.41) is 9.96. The van der Waals surface area contributed by atoms with Crippen LogP contribution in [0.3, 0.4) is 0 Å². The van der Waals surface area contributed by atoms with Gasteiger partial charge in [0.15, 0.2) is 0 Å². The standard InChI is InChI=1S/C21H19N3O5S/c1-2-29-16-3-5-17(6-4-16)30(27,28)24-10-8-15(12-24)19-13-23(14-21(25)26)20-11-22-9-7-18(19)20/h3-13H,2,14H2,1H3,(H,25,26). The first-order valence-electron chi connectivity index (χ1n) is 9.21. The lowest BCUT2D eigenvalue weighted by Crippen LogP contribution is -2.10. The molecule has 0 aliphatic heterocycles. The van der Waals surface area contributed by atoms with Gasteiger partial charge < -0.3 is 14.4 Å². The lowest BCUT2D eigenvalue weighted by molar-refractivity contribution is -0.137. The first-order chi connectivity index (χ1) is 14.4. The summed E-state index contributed by atoms with van der Waals surface area (Å²) in [7, 11) is -3.78. The second-order valence-electron chi connectivity index (χ2n) is 6.60. The maximum Gasteiger partial charge on any atom is 0.323 e. The van der Waals surface area contributed by atoms with Crippen LogP contribution in [0.1, 0.15) is 6.92 Å². The molecular weight excluding hydrogens is 406 g/mol. The van der Waals surface area contributed by atoms with Crippen LogP contribution >= 0.6 is 0 Å². The van der Waals surface area contributed by atoms with Crippen molar-refractivity contribution >= 4 is 26.9 Å². The van der Waals surface area contributed by atoms with Crippen molar-refractivity contribution in [1.82, 2.24) is 13.5 Å². The maximum atomic E-state index is 13.0. The number of hydrogen-bond donors (Lipinski definition) is 1. The number of aliphatic carboxylic acids is 1. The molecule has 0 aliphatic rings. The lowest BCUT2D eigenvalue weighted by atomic mass is 10.1. The van der Waals surface area contributed by atoms with Crippen LogP contribution in [0, 0.1) is 0 Å². The minimum atomic E-state index is -3.78. The molecule has 0 saturated carbocycles. The molecular formula is C21H19N3O5S. The molecule has 4 rings (SSSR count). The third-order valence-corrected chi connectivity index (χ3v) is 6.33. The summed E-state index contributed by atoms with van der Waals surface area (Å²) in [5.41, 5.74) is 2.05. The van der Waals surface area contributed by atoms with Crippen LogP contribution in [0.15, 0.2) is 72.3 Å². The molecule has 0 unspecified atom stereocenters.